The van der Waals surface area contributed by atoms with Crippen molar-refractivity contribution in [1.82, 2.24) is 0 Å². The van der Waals surface area contributed by atoms with Crippen LogP contribution in [0.1, 0.15) is 17.5 Å². The Kier molecular flexibility index (Phi) is 9.96. The Morgan fingerprint density at radius 2 is 1.45 bits per heavy atom. The first-order valence-electron chi connectivity index (χ1n) is 10.4. The molecule has 2 aromatic rings. The SMILES string of the molecule is C=C(N)c1cc(N)c(NC/C=C/CNc2c(N)cc(C(=C)N)cc2OCCCOC)c(Br)c1. The van der Waals surface area contributed by atoms with Gasteiger partial charge in [-0.15, -0.1) is 0 Å². The molecule has 0 amide bonds. The van der Waals surface area contributed by atoms with Crippen molar-refractivity contribution in [2.24, 2.45) is 11.5 Å². The lowest BCUT2D eigenvalue weighted by Crippen LogP contribution is -2.09. The molecule has 0 fully saturated rings. The fourth-order valence-corrected chi connectivity index (χ4v) is 3.62. The molecule has 9 heteroatoms. The molecule has 0 aliphatic rings. The van der Waals surface area contributed by atoms with Gasteiger partial charge in [0.05, 0.1) is 23.7 Å². The summed E-state index contributed by atoms with van der Waals surface area (Å²) in [5, 5.41) is 6.59. The zero-order chi connectivity index (χ0) is 24.4. The normalized spacial score (nSPS) is 10.8. The van der Waals surface area contributed by atoms with E-state index < -0.39 is 0 Å². The molecule has 0 aliphatic heterocycles. The molecule has 0 unspecified atom stereocenters. The molecule has 0 atom stereocenters. The summed E-state index contributed by atoms with van der Waals surface area (Å²) in [6, 6.07) is 7.27. The minimum Gasteiger partial charge on any atom is -0.491 e. The van der Waals surface area contributed by atoms with E-state index in [0.29, 0.717) is 60.5 Å². The van der Waals surface area contributed by atoms with E-state index in [1.54, 1.807) is 19.2 Å². The maximum absolute atomic E-state index is 6.24. The smallest absolute Gasteiger partial charge is 0.145 e. The van der Waals surface area contributed by atoms with Gasteiger partial charge in [0.2, 0.25) is 0 Å². The van der Waals surface area contributed by atoms with E-state index in [-0.39, 0.29) is 0 Å². The molecule has 8 nitrogen and oxygen atoms in total. The first-order valence-corrected chi connectivity index (χ1v) is 11.2. The highest BCUT2D eigenvalue weighted by Crippen LogP contribution is 2.34. The number of anilines is 4. The number of hydrogen-bond acceptors (Lipinski definition) is 8. The maximum Gasteiger partial charge on any atom is 0.145 e. The lowest BCUT2D eigenvalue weighted by atomic mass is 10.1. The highest BCUT2D eigenvalue weighted by atomic mass is 79.9. The zero-order valence-corrected chi connectivity index (χ0v) is 20.5. The van der Waals surface area contributed by atoms with Gasteiger partial charge in [-0.3, -0.25) is 0 Å². The Bertz CT molecular complexity index is 999. The van der Waals surface area contributed by atoms with Crippen LogP contribution < -0.4 is 38.3 Å². The molecular weight excluding hydrogens is 484 g/mol. The largest absolute Gasteiger partial charge is 0.491 e. The predicted octanol–water partition coefficient (Wildman–Crippen LogP) is 3.97. The number of hydrogen-bond donors (Lipinski definition) is 6. The Morgan fingerprint density at radius 1 is 0.909 bits per heavy atom. The Labute approximate surface area is 203 Å². The van der Waals surface area contributed by atoms with Crippen molar-refractivity contribution in [3.05, 3.63) is 65.2 Å². The van der Waals surface area contributed by atoms with Gasteiger partial charge in [-0.25, -0.2) is 0 Å². The van der Waals surface area contributed by atoms with Crippen LogP contribution in [0.2, 0.25) is 0 Å². The van der Waals surface area contributed by atoms with Crippen LogP contribution in [-0.2, 0) is 4.74 Å². The molecular formula is C24H33BrN6O2. The van der Waals surface area contributed by atoms with E-state index in [9.17, 15) is 0 Å². The van der Waals surface area contributed by atoms with E-state index in [1.807, 2.05) is 24.3 Å². The molecule has 33 heavy (non-hydrogen) atoms. The van der Waals surface area contributed by atoms with Gasteiger partial charge in [0, 0.05) is 60.2 Å². The number of nitrogens with two attached hydrogens (primary N) is 4. The average molecular weight is 517 g/mol. The zero-order valence-electron chi connectivity index (χ0n) is 18.9. The van der Waals surface area contributed by atoms with Crippen molar-refractivity contribution in [1.29, 1.82) is 0 Å². The average Bonchev–Trinajstić information content (AvgIpc) is 2.75. The highest BCUT2D eigenvalue weighted by molar-refractivity contribution is 9.10. The van der Waals surface area contributed by atoms with Crippen LogP contribution in [0, 0.1) is 0 Å². The number of rotatable bonds is 13. The van der Waals surface area contributed by atoms with E-state index in [2.05, 4.69) is 39.7 Å². The Hall–Kier alpha value is -3.30. The summed E-state index contributed by atoms with van der Waals surface area (Å²) in [6.07, 6.45) is 4.73. The van der Waals surface area contributed by atoms with Gasteiger partial charge in [-0.2, -0.15) is 0 Å². The third-order valence-electron chi connectivity index (χ3n) is 4.71. The van der Waals surface area contributed by atoms with Crippen LogP contribution in [0.25, 0.3) is 11.4 Å². The number of nitrogens with one attached hydrogen (secondary N) is 2. The summed E-state index contributed by atoms with van der Waals surface area (Å²) in [4.78, 5) is 0. The number of nitrogen functional groups attached to an aromatic ring is 2. The third-order valence-corrected chi connectivity index (χ3v) is 5.33. The van der Waals surface area contributed by atoms with Gasteiger partial charge in [0.1, 0.15) is 11.4 Å². The summed E-state index contributed by atoms with van der Waals surface area (Å²) < 4.78 is 11.8. The Morgan fingerprint density at radius 3 is 2.00 bits per heavy atom. The van der Waals surface area contributed by atoms with Crippen molar-refractivity contribution in [2.45, 2.75) is 6.42 Å². The van der Waals surface area contributed by atoms with Gasteiger partial charge < -0.3 is 43.0 Å². The number of methoxy groups -OCH3 is 1. The van der Waals surface area contributed by atoms with Crippen molar-refractivity contribution in [2.75, 3.05) is 55.5 Å². The number of halogens is 1. The maximum atomic E-state index is 6.24. The van der Waals surface area contributed by atoms with Crippen molar-refractivity contribution >= 4 is 50.1 Å². The van der Waals surface area contributed by atoms with Crippen molar-refractivity contribution in [3.8, 4) is 5.75 Å². The predicted molar refractivity (Wildman–Crippen MR) is 144 cm³/mol. The fraction of sp³-hybridized carbons (Fsp3) is 0.250. The summed E-state index contributed by atoms with van der Waals surface area (Å²) >= 11 is 3.52. The molecule has 0 radical (unpaired) electrons. The van der Waals surface area contributed by atoms with Gasteiger partial charge in [-0.1, -0.05) is 25.3 Å². The summed E-state index contributed by atoms with van der Waals surface area (Å²) in [5.74, 6) is 0.623. The number of benzene rings is 2. The van der Waals surface area contributed by atoms with Crippen LogP contribution in [0.3, 0.4) is 0 Å². The molecule has 0 saturated carbocycles. The summed E-state index contributed by atoms with van der Waals surface area (Å²) in [6.45, 7) is 9.75. The molecule has 0 heterocycles. The van der Waals surface area contributed by atoms with E-state index in [4.69, 9.17) is 32.4 Å². The molecule has 2 rings (SSSR count). The van der Waals surface area contributed by atoms with Gasteiger partial charge in [0.15, 0.2) is 0 Å². The monoisotopic (exact) mass is 516 g/mol. The topological polar surface area (TPSA) is 147 Å². The molecule has 2 aromatic carbocycles. The minimum absolute atomic E-state index is 0.426. The number of ether oxygens (including phenoxy) is 2. The highest BCUT2D eigenvalue weighted by Gasteiger charge is 2.11. The second-order valence-corrected chi connectivity index (χ2v) is 8.19. The molecule has 0 saturated heterocycles. The Balaban J connectivity index is 1.99. The molecule has 0 aliphatic carbocycles. The van der Waals surface area contributed by atoms with Crippen LogP contribution in [0.5, 0.6) is 5.75 Å². The van der Waals surface area contributed by atoms with Gasteiger partial charge >= 0.3 is 0 Å². The van der Waals surface area contributed by atoms with E-state index in [0.717, 1.165) is 27.7 Å². The first-order chi connectivity index (χ1) is 15.7. The molecule has 0 aromatic heterocycles. The fourth-order valence-electron chi connectivity index (χ4n) is 3.00. The second kappa shape index (κ2) is 12.7. The molecule has 0 bridgehead atoms. The second-order valence-electron chi connectivity index (χ2n) is 7.34. The standard InChI is InChI=1S/C24H33BrN6O2/c1-15(26)17-11-19(25)23(20(28)12-17)30-7-4-5-8-31-24-21(29)13-18(16(2)27)14-22(24)33-10-6-9-32-3/h4-5,11-14,30-31H,1-2,6-10,26-29H2,3H3/b5-4+. The van der Waals surface area contributed by atoms with Crippen LogP contribution in [0.4, 0.5) is 22.7 Å². The van der Waals surface area contributed by atoms with Crippen molar-refractivity contribution < 1.29 is 9.47 Å². The third kappa shape index (κ3) is 7.65. The molecule has 178 valence electrons. The lowest BCUT2D eigenvalue weighted by Gasteiger charge is -2.17. The lowest BCUT2D eigenvalue weighted by molar-refractivity contribution is 0.172. The quantitative estimate of drug-likeness (QED) is 0.133. The molecule has 0 spiro atoms. The van der Waals surface area contributed by atoms with Gasteiger partial charge in [-0.05, 0) is 40.2 Å². The van der Waals surface area contributed by atoms with Gasteiger partial charge in [0.25, 0.3) is 0 Å². The van der Waals surface area contributed by atoms with E-state index in [1.165, 1.54) is 0 Å². The van der Waals surface area contributed by atoms with Crippen LogP contribution in [-0.4, -0.2) is 33.4 Å². The van der Waals surface area contributed by atoms with E-state index >= 15 is 0 Å². The van der Waals surface area contributed by atoms with Crippen LogP contribution in [0.15, 0.2) is 54.0 Å². The first kappa shape index (κ1) is 26.0. The summed E-state index contributed by atoms with van der Waals surface area (Å²) in [5.41, 5.74) is 29.0. The minimum atomic E-state index is 0.426. The summed E-state index contributed by atoms with van der Waals surface area (Å²) in [7, 11) is 1.66. The molecule has 10 N–H and O–H groups in total. The van der Waals surface area contributed by atoms with Crippen molar-refractivity contribution in [3.63, 3.8) is 0 Å². The van der Waals surface area contributed by atoms with Crippen LogP contribution >= 0.6 is 15.9 Å².